The highest BCUT2D eigenvalue weighted by atomic mass is 19.1. The van der Waals surface area contributed by atoms with Crippen LogP contribution in [0.25, 0.3) is 0 Å². The van der Waals surface area contributed by atoms with Crippen molar-refractivity contribution in [1.29, 1.82) is 0 Å². The van der Waals surface area contributed by atoms with Crippen molar-refractivity contribution in [3.05, 3.63) is 71.3 Å². The lowest BCUT2D eigenvalue weighted by molar-refractivity contribution is -0.120. The van der Waals surface area contributed by atoms with Crippen molar-refractivity contribution in [3.63, 3.8) is 0 Å². The van der Waals surface area contributed by atoms with E-state index in [2.05, 4.69) is 5.32 Å². The summed E-state index contributed by atoms with van der Waals surface area (Å²) < 4.78 is 26.3. The van der Waals surface area contributed by atoms with E-state index in [4.69, 9.17) is 0 Å². The van der Waals surface area contributed by atoms with Gasteiger partial charge in [-0.25, -0.2) is 8.78 Å². The Morgan fingerprint density at radius 3 is 2.60 bits per heavy atom. The van der Waals surface area contributed by atoms with Crippen molar-refractivity contribution < 1.29 is 13.6 Å². The third-order valence-electron chi connectivity index (χ3n) is 2.93. The van der Waals surface area contributed by atoms with Gasteiger partial charge in [-0.2, -0.15) is 0 Å². The molecule has 2 rings (SSSR count). The fourth-order valence-electron chi connectivity index (χ4n) is 1.93. The molecule has 2 aromatic rings. The Hall–Kier alpha value is -2.23. The van der Waals surface area contributed by atoms with Gasteiger partial charge in [-0.1, -0.05) is 30.3 Å². The average Bonchev–Trinajstić information content (AvgIpc) is 2.41. The molecule has 0 heterocycles. The smallest absolute Gasteiger partial charge is 0.224 e. The molecule has 2 nitrogen and oxygen atoms in total. The molecule has 1 amide bonds. The fraction of sp³-hybridized carbons (Fsp3) is 0.188. The molecule has 0 fully saturated rings. The van der Waals surface area contributed by atoms with Crippen LogP contribution in [0.15, 0.2) is 48.5 Å². The molecule has 2 aromatic carbocycles. The maximum Gasteiger partial charge on any atom is 0.224 e. The highest BCUT2D eigenvalue weighted by molar-refractivity contribution is 5.78. The summed E-state index contributed by atoms with van der Waals surface area (Å²) in [4.78, 5) is 11.7. The maximum atomic E-state index is 13.4. The second-order valence-corrected chi connectivity index (χ2v) is 4.50. The molecular formula is C16H15F2NO. The molecule has 1 N–H and O–H groups in total. The molecule has 0 atom stereocenters. The number of nitrogens with one attached hydrogen (secondary N) is 1. The van der Waals surface area contributed by atoms with Gasteiger partial charge < -0.3 is 5.32 Å². The molecule has 0 aliphatic heterocycles. The SMILES string of the molecule is O=C(Cc1cccc(F)c1)NCCc1ccccc1F. The van der Waals surface area contributed by atoms with Gasteiger partial charge in [0.1, 0.15) is 11.6 Å². The Morgan fingerprint density at radius 2 is 1.85 bits per heavy atom. The van der Waals surface area contributed by atoms with Crippen LogP contribution in [0, 0.1) is 11.6 Å². The van der Waals surface area contributed by atoms with Crippen molar-refractivity contribution in [1.82, 2.24) is 5.32 Å². The molecule has 0 spiro atoms. The van der Waals surface area contributed by atoms with E-state index in [1.54, 1.807) is 30.3 Å². The molecule has 20 heavy (non-hydrogen) atoms. The number of carbonyl (C=O) groups is 1. The van der Waals surface area contributed by atoms with Gasteiger partial charge in [-0.05, 0) is 35.7 Å². The van der Waals surface area contributed by atoms with E-state index >= 15 is 0 Å². The normalized spacial score (nSPS) is 10.3. The number of amides is 1. The second kappa shape index (κ2) is 6.80. The van der Waals surface area contributed by atoms with E-state index in [1.807, 2.05) is 0 Å². The van der Waals surface area contributed by atoms with Crippen molar-refractivity contribution in [2.45, 2.75) is 12.8 Å². The van der Waals surface area contributed by atoms with Crippen LogP contribution in [0.5, 0.6) is 0 Å². The van der Waals surface area contributed by atoms with Gasteiger partial charge in [0.15, 0.2) is 0 Å². The summed E-state index contributed by atoms with van der Waals surface area (Å²) in [7, 11) is 0. The van der Waals surface area contributed by atoms with Crippen molar-refractivity contribution in [2.24, 2.45) is 0 Å². The molecule has 0 aliphatic rings. The lowest BCUT2D eigenvalue weighted by atomic mass is 10.1. The van der Waals surface area contributed by atoms with Crippen LogP contribution in [0.1, 0.15) is 11.1 Å². The molecule has 0 radical (unpaired) electrons. The number of hydrogen-bond donors (Lipinski definition) is 1. The first-order valence-electron chi connectivity index (χ1n) is 6.40. The first kappa shape index (κ1) is 14.2. The Bertz CT molecular complexity index is 599. The van der Waals surface area contributed by atoms with Crippen molar-refractivity contribution in [2.75, 3.05) is 6.54 Å². The first-order chi connectivity index (χ1) is 9.65. The van der Waals surface area contributed by atoms with Gasteiger partial charge in [0.2, 0.25) is 5.91 Å². The van der Waals surface area contributed by atoms with Crippen molar-refractivity contribution >= 4 is 5.91 Å². The highest BCUT2D eigenvalue weighted by Gasteiger charge is 2.05. The summed E-state index contributed by atoms with van der Waals surface area (Å²) in [5.41, 5.74) is 1.19. The second-order valence-electron chi connectivity index (χ2n) is 4.50. The number of halogens is 2. The van der Waals surface area contributed by atoms with E-state index in [1.165, 1.54) is 18.2 Å². The summed E-state index contributed by atoms with van der Waals surface area (Å²) in [6.07, 6.45) is 0.552. The monoisotopic (exact) mass is 275 g/mol. The van der Waals surface area contributed by atoms with Crippen molar-refractivity contribution in [3.8, 4) is 0 Å². The van der Waals surface area contributed by atoms with Gasteiger partial charge in [-0.3, -0.25) is 4.79 Å². The van der Waals surface area contributed by atoms with Crippen LogP contribution in [0.4, 0.5) is 8.78 Å². The zero-order chi connectivity index (χ0) is 14.4. The highest BCUT2D eigenvalue weighted by Crippen LogP contribution is 2.07. The Balaban J connectivity index is 1.80. The largest absolute Gasteiger partial charge is 0.355 e. The predicted molar refractivity (Wildman–Crippen MR) is 73.2 cm³/mol. The lowest BCUT2D eigenvalue weighted by Gasteiger charge is -2.06. The van der Waals surface area contributed by atoms with Crippen LogP contribution in [0.2, 0.25) is 0 Å². The van der Waals surface area contributed by atoms with Crippen LogP contribution in [-0.4, -0.2) is 12.5 Å². The molecular weight excluding hydrogens is 260 g/mol. The van der Waals surface area contributed by atoms with Gasteiger partial charge in [0.25, 0.3) is 0 Å². The quantitative estimate of drug-likeness (QED) is 0.893. The Morgan fingerprint density at radius 1 is 1.05 bits per heavy atom. The van der Waals surface area contributed by atoms with E-state index in [-0.39, 0.29) is 24.0 Å². The number of benzene rings is 2. The molecule has 0 bridgehead atoms. The van der Waals surface area contributed by atoms with Crippen LogP contribution in [0.3, 0.4) is 0 Å². The third-order valence-corrected chi connectivity index (χ3v) is 2.93. The minimum Gasteiger partial charge on any atom is -0.355 e. The summed E-state index contributed by atoms with van der Waals surface area (Å²) in [6.45, 7) is 0.356. The number of rotatable bonds is 5. The standard InChI is InChI=1S/C16H15F2NO/c17-14-6-3-4-12(10-14)11-16(20)19-9-8-13-5-1-2-7-15(13)18/h1-7,10H,8-9,11H2,(H,19,20). The molecule has 4 heteroatoms. The summed E-state index contributed by atoms with van der Waals surface area (Å²) in [5, 5.41) is 2.70. The van der Waals surface area contributed by atoms with Crippen LogP contribution < -0.4 is 5.32 Å². The summed E-state index contributed by atoms with van der Waals surface area (Å²) in [5.74, 6) is -0.833. The molecule has 0 aliphatic carbocycles. The Labute approximate surface area is 116 Å². The maximum absolute atomic E-state index is 13.4. The summed E-state index contributed by atoms with van der Waals surface area (Å²) >= 11 is 0. The van der Waals surface area contributed by atoms with E-state index < -0.39 is 0 Å². The first-order valence-corrected chi connectivity index (χ1v) is 6.40. The zero-order valence-electron chi connectivity index (χ0n) is 10.9. The van der Waals surface area contributed by atoms with E-state index in [9.17, 15) is 13.6 Å². The molecule has 0 aromatic heterocycles. The third kappa shape index (κ3) is 4.16. The van der Waals surface area contributed by atoms with Crippen LogP contribution in [-0.2, 0) is 17.6 Å². The van der Waals surface area contributed by atoms with Gasteiger partial charge in [-0.15, -0.1) is 0 Å². The lowest BCUT2D eigenvalue weighted by Crippen LogP contribution is -2.27. The number of carbonyl (C=O) groups excluding carboxylic acids is 1. The topological polar surface area (TPSA) is 29.1 Å². The van der Waals surface area contributed by atoms with E-state index in [0.717, 1.165) is 0 Å². The van der Waals surface area contributed by atoms with Gasteiger partial charge >= 0.3 is 0 Å². The van der Waals surface area contributed by atoms with Crippen LogP contribution >= 0.6 is 0 Å². The molecule has 0 saturated carbocycles. The Kier molecular flexibility index (Phi) is 4.82. The minimum absolute atomic E-state index is 0.120. The molecule has 104 valence electrons. The van der Waals surface area contributed by atoms with E-state index in [0.29, 0.717) is 24.1 Å². The van der Waals surface area contributed by atoms with Gasteiger partial charge in [0, 0.05) is 6.54 Å². The number of hydrogen-bond acceptors (Lipinski definition) is 1. The zero-order valence-corrected chi connectivity index (χ0v) is 10.9. The fourth-order valence-corrected chi connectivity index (χ4v) is 1.93. The predicted octanol–water partition coefficient (Wildman–Crippen LogP) is 2.87. The van der Waals surface area contributed by atoms with Gasteiger partial charge in [0.05, 0.1) is 6.42 Å². The molecule has 0 unspecified atom stereocenters. The molecule has 0 saturated heterocycles. The summed E-state index contributed by atoms with van der Waals surface area (Å²) in [6, 6.07) is 12.4. The minimum atomic E-state index is -0.360. The average molecular weight is 275 g/mol.